The minimum atomic E-state index is -0.225. The van der Waals surface area contributed by atoms with Gasteiger partial charge in [-0.2, -0.15) is 5.10 Å². The molecule has 0 bridgehead atoms. The highest BCUT2D eigenvalue weighted by Crippen LogP contribution is 2.23. The van der Waals surface area contributed by atoms with Gasteiger partial charge >= 0.3 is 0 Å². The van der Waals surface area contributed by atoms with Crippen molar-refractivity contribution in [1.82, 2.24) is 20.4 Å². The molecule has 0 radical (unpaired) electrons. The summed E-state index contributed by atoms with van der Waals surface area (Å²) in [4.78, 5) is 28.4. The van der Waals surface area contributed by atoms with Gasteiger partial charge in [0.15, 0.2) is 0 Å². The van der Waals surface area contributed by atoms with Crippen LogP contribution >= 0.6 is 0 Å². The Bertz CT molecular complexity index is 729. The predicted octanol–water partition coefficient (Wildman–Crippen LogP) is 1.11. The second-order valence-electron chi connectivity index (χ2n) is 6.20. The Morgan fingerprint density at radius 1 is 1.12 bits per heavy atom. The number of anilines is 1. The van der Waals surface area contributed by atoms with Gasteiger partial charge in [-0.3, -0.25) is 14.7 Å². The molecular weight excluding hydrogens is 318 g/mol. The van der Waals surface area contributed by atoms with Gasteiger partial charge in [-0.15, -0.1) is 0 Å². The molecule has 1 fully saturated rings. The number of aromatic amines is 1. The minimum absolute atomic E-state index is 0.0253. The summed E-state index contributed by atoms with van der Waals surface area (Å²) in [6.07, 6.45) is 0. The second kappa shape index (κ2) is 7.38. The molecule has 2 amide bonds. The first-order valence-electron chi connectivity index (χ1n) is 8.44. The number of nitrogens with zero attached hydrogens (tertiary/aromatic N) is 3. The number of amides is 2. The lowest BCUT2D eigenvalue weighted by Gasteiger charge is -2.36. The number of piperazine rings is 1. The quantitative estimate of drug-likeness (QED) is 0.873. The number of hydrogen-bond acceptors (Lipinski definition) is 4. The van der Waals surface area contributed by atoms with E-state index >= 15 is 0 Å². The number of benzene rings is 1. The van der Waals surface area contributed by atoms with Gasteiger partial charge in [0.1, 0.15) is 0 Å². The number of carbonyl (C=O) groups excluding carboxylic acids is 2. The molecule has 0 spiro atoms. The van der Waals surface area contributed by atoms with Crippen LogP contribution in [0.15, 0.2) is 30.3 Å². The summed E-state index contributed by atoms with van der Waals surface area (Å²) in [5, 5.41) is 9.92. The lowest BCUT2D eigenvalue weighted by atomic mass is 10.2. The third-order valence-corrected chi connectivity index (χ3v) is 4.47. The molecule has 1 aromatic carbocycles. The molecule has 1 aliphatic rings. The first-order valence-corrected chi connectivity index (χ1v) is 8.44. The lowest BCUT2D eigenvalue weighted by molar-refractivity contribution is -0.130. The van der Waals surface area contributed by atoms with Crippen LogP contribution in [-0.4, -0.2) is 59.6 Å². The molecule has 132 valence electrons. The monoisotopic (exact) mass is 341 g/mol. The highest BCUT2D eigenvalue weighted by atomic mass is 16.2. The van der Waals surface area contributed by atoms with Crippen molar-refractivity contribution in [2.75, 3.05) is 37.6 Å². The molecular formula is C18H23N5O2. The van der Waals surface area contributed by atoms with E-state index in [-0.39, 0.29) is 18.4 Å². The average molecular weight is 341 g/mol. The van der Waals surface area contributed by atoms with Crippen molar-refractivity contribution in [3.63, 3.8) is 0 Å². The molecule has 3 rings (SSSR count). The lowest BCUT2D eigenvalue weighted by Crippen LogP contribution is -2.51. The number of rotatable bonds is 4. The van der Waals surface area contributed by atoms with Crippen molar-refractivity contribution < 1.29 is 9.59 Å². The normalized spacial score (nSPS) is 14.5. The number of aryl methyl sites for hydroxylation is 2. The van der Waals surface area contributed by atoms with Crippen LogP contribution in [0, 0.1) is 13.8 Å². The highest BCUT2D eigenvalue weighted by Gasteiger charge is 2.24. The number of carbonyl (C=O) groups is 2. The maximum absolute atomic E-state index is 12.3. The number of nitrogens with one attached hydrogen (secondary N) is 2. The Morgan fingerprint density at radius 3 is 2.40 bits per heavy atom. The molecule has 0 unspecified atom stereocenters. The van der Waals surface area contributed by atoms with E-state index in [4.69, 9.17) is 0 Å². The molecule has 0 saturated carbocycles. The Hall–Kier alpha value is -2.83. The van der Waals surface area contributed by atoms with E-state index in [1.807, 2.05) is 19.9 Å². The maximum atomic E-state index is 12.3. The number of hydrogen-bond donors (Lipinski definition) is 2. The second-order valence-corrected chi connectivity index (χ2v) is 6.20. The Labute approximate surface area is 147 Å². The van der Waals surface area contributed by atoms with Gasteiger partial charge in [-0.05, 0) is 26.0 Å². The molecule has 2 heterocycles. The fraction of sp³-hybridized carbons (Fsp3) is 0.389. The van der Waals surface area contributed by atoms with Crippen LogP contribution in [0.5, 0.6) is 0 Å². The Balaban J connectivity index is 1.49. The molecule has 25 heavy (non-hydrogen) atoms. The third kappa shape index (κ3) is 3.81. The smallest absolute Gasteiger partial charge is 0.251 e. The fourth-order valence-electron chi connectivity index (χ4n) is 3.15. The van der Waals surface area contributed by atoms with Crippen molar-refractivity contribution in [2.45, 2.75) is 13.8 Å². The highest BCUT2D eigenvalue weighted by molar-refractivity contribution is 5.96. The summed E-state index contributed by atoms with van der Waals surface area (Å²) in [7, 11) is 0. The Morgan fingerprint density at radius 2 is 1.80 bits per heavy atom. The minimum Gasteiger partial charge on any atom is -0.365 e. The first kappa shape index (κ1) is 17.0. The van der Waals surface area contributed by atoms with E-state index < -0.39 is 0 Å². The van der Waals surface area contributed by atoms with Gasteiger partial charge in [0, 0.05) is 31.7 Å². The van der Waals surface area contributed by atoms with E-state index in [1.54, 1.807) is 29.2 Å². The first-order chi connectivity index (χ1) is 12.1. The van der Waals surface area contributed by atoms with Gasteiger partial charge in [0.2, 0.25) is 5.91 Å². The van der Waals surface area contributed by atoms with Crippen LogP contribution in [-0.2, 0) is 4.79 Å². The zero-order valence-corrected chi connectivity index (χ0v) is 14.6. The summed E-state index contributed by atoms with van der Waals surface area (Å²) in [5.41, 5.74) is 3.72. The SMILES string of the molecule is Cc1n[nH]c(C)c1N1CCN(C(=O)CNC(=O)c2ccccc2)CC1. The van der Waals surface area contributed by atoms with Gasteiger partial charge in [0.25, 0.3) is 5.91 Å². The molecule has 2 aromatic rings. The summed E-state index contributed by atoms with van der Waals surface area (Å²) >= 11 is 0. The molecule has 2 N–H and O–H groups in total. The van der Waals surface area contributed by atoms with Crippen molar-refractivity contribution >= 4 is 17.5 Å². The van der Waals surface area contributed by atoms with E-state index in [1.165, 1.54) is 0 Å². The van der Waals surface area contributed by atoms with Crippen molar-refractivity contribution in [1.29, 1.82) is 0 Å². The molecule has 1 saturated heterocycles. The molecule has 0 aliphatic carbocycles. The molecule has 1 aromatic heterocycles. The van der Waals surface area contributed by atoms with Crippen LogP contribution in [0.1, 0.15) is 21.7 Å². The van der Waals surface area contributed by atoms with E-state index in [0.717, 1.165) is 30.2 Å². The zero-order valence-electron chi connectivity index (χ0n) is 14.6. The van der Waals surface area contributed by atoms with E-state index in [9.17, 15) is 9.59 Å². The van der Waals surface area contributed by atoms with Crippen molar-refractivity contribution in [2.24, 2.45) is 0 Å². The number of aromatic nitrogens is 2. The summed E-state index contributed by atoms with van der Waals surface area (Å²) in [6, 6.07) is 8.92. The molecule has 7 heteroatoms. The largest absolute Gasteiger partial charge is 0.365 e. The summed E-state index contributed by atoms with van der Waals surface area (Å²) in [6.45, 7) is 6.83. The van der Waals surface area contributed by atoms with Crippen LogP contribution in [0.2, 0.25) is 0 Å². The summed E-state index contributed by atoms with van der Waals surface area (Å²) < 4.78 is 0. The number of H-pyrrole nitrogens is 1. The zero-order chi connectivity index (χ0) is 17.8. The van der Waals surface area contributed by atoms with Gasteiger partial charge in [-0.1, -0.05) is 18.2 Å². The molecule has 7 nitrogen and oxygen atoms in total. The standard InChI is InChI=1S/C18H23N5O2/c1-13-17(14(2)21-20-13)23-10-8-22(9-11-23)16(24)12-19-18(25)15-6-4-3-5-7-15/h3-7H,8-12H2,1-2H3,(H,19,25)(H,20,21). The molecule has 1 aliphatic heterocycles. The third-order valence-electron chi connectivity index (χ3n) is 4.47. The maximum Gasteiger partial charge on any atom is 0.251 e. The van der Waals surface area contributed by atoms with Crippen molar-refractivity contribution in [3.05, 3.63) is 47.3 Å². The van der Waals surface area contributed by atoms with Gasteiger partial charge < -0.3 is 15.1 Å². The van der Waals surface area contributed by atoms with Crippen LogP contribution in [0.4, 0.5) is 5.69 Å². The van der Waals surface area contributed by atoms with Crippen LogP contribution < -0.4 is 10.2 Å². The fourth-order valence-corrected chi connectivity index (χ4v) is 3.15. The molecule has 0 atom stereocenters. The van der Waals surface area contributed by atoms with Crippen LogP contribution in [0.25, 0.3) is 0 Å². The average Bonchev–Trinajstić information content (AvgIpc) is 2.98. The summed E-state index contributed by atoms with van der Waals surface area (Å²) in [5.74, 6) is -0.276. The van der Waals surface area contributed by atoms with Gasteiger partial charge in [0.05, 0.1) is 23.6 Å². The van der Waals surface area contributed by atoms with Crippen molar-refractivity contribution in [3.8, 4) is 0 Å². The van der Waals surface area contributed by atoms with E-state index in [2.05, 4.69) is 20.4 Å². The topological polar surface area (TPSA) is 81.3 Å². The van der Waals surface area contributed by atoms with Gasteiger partial charge in [-0.25, -0.2) is 0 Å². The van der Waals surface area contributed by atoms with E-state index in [0.29, 0.717) is 18.7 Å². The predicted molar refractivity (Wildman–Crippen MR) is 95.6 cm³/mol. The Kier molecular flexibility index (Phi) is 5.02. The van der Waals surface area contributed by atoms with Crippen LogP contribution in [0.3, 0.4) is 0 Å².